The lowest BCUT2D eigenvalue weighted by molar-refractivity contribution is 0.629. The van der Waals surface area contributed by atoms with E-state index in [1.54, 1.807) is 4.68 Å². The van der Waals surface area contributed by atoms with Gasteiger partial charge in [-0.15, -0.1) is 0 Å². The summed E-state index contributed by atoms with van der Waals surface area (Å²) < 4.78 is 2.72. The molecule has 0 saturated heterocycles. The van der Waals surface area contributed by atoms with Crippen molar-refractivity contribution in [3.8, 4) is 0 Å². The number of nitrogens with zero attached hydrogens (tertiary/aromatic N) is 2. The largest absolute Gasteiger partial charge is 0.306 e. The van der Waals surface area contributed by atoms with Crippen LogP contribution < -0.4 is 5.32 Å². The lowest BCUT2D eigenvalue weighted by Gasteiger charge is -2.17. The number of hydrogen-bond donors (Lipinski definition) is 1. The predicted octanol–water partition coefficient (Wildman–Crippen LogP) is 3.53. The van der Waals surface area contributed by atoms with Crippen molar-refractivity contribution in [2.45, 2.75) is 13.0 Å². The summed E-state index contributed by atoms with van der Waals surface area (Å²) in [5.74, 6) is 0. The normalized spacial score (nSPS) is 12.7. The zero-order valence-corrected chi connectivity index (χ0v) is 12.7. The first-order chi connectivity index (χ1) is 8.61. The average Bonchev–Trinajstić information content (AvgIpc) is 2.76. The molecule has 0 fully saturated rings. The third kappa shape index (κ3) is 2.94. The molecule has 0 spiro atoms. The van der Waals surface area contributed by atoms with Crippen molar-refractivity contribution in [2.75, 3.05) is 6.54 Å². The van der Waals surface area contributed by atoms with Gasteiger partial charge in [0.05, 0.1) is 17.3 Å². The number of nitrogens with one attached hydrogen (secondary N) is 1. The van der Waals surface area contributed by atoms with Gasteiger partial charge < -0.3 is 5.32 Å². The molecule has 1 heterocycles. The molecule has 5 heteroatoms. The van der Waals surface area contributed by atoms with Gasteiger partial charge in [-0.1, -0.05) is 24.6 Å². The van der Waals surface area contributed by atoms with E-state index in [1.807, 2.05) is 31.6 Å². The van der Waals surface area contributed by atoms with E-state index in [4.69, 9.17) is 11.6 Å². The molecule has 18 heavy (non-hydrogen) atoms. The van der Waals surface area contributed by atoms with Crippen LogP contribution in [-0.4, -0.2) is 16.3 Å². The van der Waals surface area contributed by atoms with Gasteiger partial charge in [0.1, 0.15) is 0 Å². The number of hydrogen-bond acceptors (Lipinski definition) is 2. The van der Waals surface area contributed by atoms with Gasteiger partial charge in [-0.05, 0) is 40.2 Å². The first-order valence-corrected chi connectivity index (χ1v) is 6.95. The Morgan fingerprint density at radius 3 is 2.78 bits per heavy atom. The number of halogens is 2. The lowest BCUT2D eigenvalue weighted by atomic mass is 10.0. The summed E-state index contributed by atoms with van der Waals surface area (Å²) in [4.78, 5) is 0. The Balaban J connectivity index is 2.37. The Bertz CT molecular complexity index is 539. The van der Waals surface area contributed by atoms with Crippen LogP contribution in [0.1, 0.15) is 24.1 Å². The van der Waals surface area contributed by atoms with Crippen LogP contribution in [0.3, 0.4) is 0 Å². The Hall–Kier alpha value is -0.840. The van der Waals surface area contributed by atoms with Crippen molar-refractivity contribution in [3.63, 3.8) is 0 Å². The van der Waals surface area contributed by atoms with Crippen LogP contribution in [0, 0.1) is 0 Å². The van der Waals surface area contributed by atoms with E-state index in [2.05, 4.69) is 39.3 Å². The molecule has 1 atom stereocenters. The highest BCUT2D eigenvalue weighted by atomic mass is 79.9. The molecule has 0 aliphatic rings. The monoisotopic (exact) mass is 327 g/mol. The summed E-state index contributed by atoms with van der Waals surface area (Å²) in [5.41, 5.74) is 2.27. The highest BCUT2D eigenvalue weighted by Crippen LogP contribution is 2.28. The van der Waals surface area contributed by atoms with E-state index in [1.165, 1.54) is 0 Å². The molecule has 96 valence electrons. The zero-order chi connectivity index (χ0) is 13.1. The molecule has 0 aliphatic heterocycles. The van der Waals surface area contributed by atoms with Crippen LogP contribution >= 0.6 is 27.5 Å². The van der Waals surface area contributed by atoms with Crippen LogP contribution in [-0.2, 0) is 7.05 Å². The maximum absolute atomic E-state index is 6.16. The van der Waals surface area contributed by atoms with E-state index in [-0.39, 0.29) is 6.04 Å². The molecule has 0 bridgehead atoms. The Labute approximate surface area is 120 Å². The first-order valence-electron chi connectivity index (χ1n) is 5.78. The predicted molar refractivity (Wildman–Crippen MR) is 77.9 cm³/mol. The van der Waals surface area contributed by atoms with Crippen molar-refractivity contribution in [3.05, 3.63) is 51.2 Å². The number of aryl methyl sites for hydroxylation is 1. The van der Waals surface area contributed by atoms with Gasteiger partial charge in [0.25, 0.3) is 0 Å². The number of aromatic nitrogens is 2. The van der Waals surface area contributed by atoms with Crippen molar-refractivity contribution >= 4 is 27.5 Å². The second-order valence-electron chi connectivity index (χ2n) is 4.11. The van der Waals surface area contributed by atoms with Gasteiger partial charge in [-0.2, -0.15) is 5.10 Å². The molecule has 2 aromatic rings. The summed E-state index contributed by atoms with van der Waals surface area (Å²) in [6.07, 6.45) is 3.90. The van der Waals surface area contributed by atoms with Crippen LogP contribution in [0.5, 0.6) is 0 Å². The maximum atomic E-state index is 6.16. The van der Waals surface area contributed by atoms with Crippen LogP contribution in [0.2, 0.25) is 5.02 Å². The smallest absolute Gasteiger partial charge is 0.0608 e. The minimum atomic E-state index is 0.120. The average molecular weight is 329 g/mol. The first kappa shape index (κ1) is 13.6. The fourth-order valence-corrected chi connectivity index (χ4v) is 2.35. The molecule has 0 aliphatic carbocycles. The second-order valence-corrected chi connectivity index (χ2v) is 5.37. The molecular formula is C13H15BrClN3. The number of benzene rings is 1. The highest BCUT2D eigenvalue weighted by Gasteiger charge is 2.15. The third-order valence-electron chi connectivity index (χ3n) is 2.74. The highest BCUT2D eigenvalue weighted by molar-refractivity contribution is 9.10. The third-order valence-corrected chi connectivity index (χ3v) is 3.98. The summed E-state index contributed by atoms with van der Waals surface area (Å²) in [5, 5.41) is 8.39. The number of rotatable bonds is 4. The summed E-state index contributed by atoms with van der Waals surface area (Å²) in [6.45, 7) is 2.97. The van der Waals surface area contributed by atoms with Crippen LogP contribution in [0.25, 0.3) is 0 Å². The van der Waals surface area contributed by atoms with E-state index < -0.39 is 0 Å². The molecule has 0 radical (unpaired) electrons. The molecular weight excluding hydrogens is 314 g/mol. The SMILES string of the molecule is CCNC(c1ccc(Br)c(Cl)c1)c1cnn(C)c1. The summed E-state index contributed by atoms with van der Waals surface area (Å²) >= 11 is 9.56. The van der Waals surface area contributed by atoms with Gasteiger partial charge in [-0.3, -0.25) is 4.68 Å². The quantitative estimate of drug-likeness (QED) is 0.930. The molecule has 3 nitrogen and oxygen atoms in total. The Kier molecular flexibility index (Phi) is 4.43. The van der Waals surface area contributed by atoms with Crippen molar-refractivity contribution < 1.29 is 0 Å². The Morgan fingerprint density at radius 2 is 2.22 bits per heavy atom. The molecule has 1 unspecified atom stereocenters. The van der Waals surface area contributed by atoms with Gasteiger partial charge >= 0.3 is 0 Å². The van der Waals surface area contributed by atoms with Crippen LogP contribution in [0.15, 0.2) is 35.1 Å². The lowest BCUT2D eigenvalue weighted by Crippen LogP contribution is -2.21. The van der Waals surface area contributed by atoms with E-state index in [0.717, 1.165) is 27.2 Å². The summed E-state index contributed by atoms with van der Waals surface area (Å²) in [7, 11) is 1.92. The van der Waals surface area contributed by atoms with Crippen LogP contribution in [0.4, 0.5) is 0 Å². The topological polar surface area (TPSA) is 29.9 Å². The van der Waals surface area contributed by atoms with Gasteiger partial charge in [0, 0.05) is 23.3 Å². The fraction of sp³-hybridized carbons (Fsp3) is 0.308. The van der Waals surface area contributed by atoms with Crippen molar-refractivity contribution in [2.24, 2.45) is 7.05 Å². The molecule has 0 saturated carbocycles. The molecule has 2 rings (SSSR count). The molecule has 1 aromatic carbocycles. The molecule has 1 aromatic heterocycles. The van der Waals surface area contributed by atoms with Crippen molar-refractivity contribution in [1.29, 1.82) is 0 Å². The summed E-state index contributed by atoms with van der Waals surface area (Å²) in [6, 6.07) is 6.13. The second kappa shape index (κ2) is 5.87. The van der Waals surface area contributed by atoms with E-state index in [9.17, 15) is 0 Å². The molecule has 0 amide bonds. The maximum Gasteiger partial charge on any atom is 0.0608 e. The standard InChI is InChI=1S/C13H15BrClN3/c1-3-16-13(10-7-17-18(2)8-10)9-4-5-11(14)12(15)6-9/h4-8,13,16H,3H2,1-2H3. The molecule has 1 N–H and O–H groups in total. The van der Waals surface area contributed by atoms with Gasteiger partial charge in [0.2, 0.25) is 0 Å². The zero-order valence-electron chi connectivity index (χ0n) is 10.3. The fourth-order valence-electron chi connectivity index (χ4n) is 1.91. The van der Waals surface area contributed by atoms with Gasteiger partial charge in [-0.25, -0.2) is 0 Å². The van der Waals surface area contributed by atoms with E-state index >= 15 is 0 Å². The van der Waals surface area contributed by atoms with Gasteiger partial charge in [0.15, 0.2) is 0 Å². The minimum Gasteiger partial charge on any atom is -0.306 e. The Morgan fingerprint density at radius 1 is 1.44 bits per heavy atom. The van der Waals surface area contributed by atoms with E-state index in [0.29, 0.717) is 0 Å². The van der Waals surface area contributed by atoms with Crippen molar-refractivity contribution in [1.82, 2.24) is 15.1 Å². The minimum absolute atomic E-state index is 0.120.